The van der Waals surface area contributed by atoms with Gasteiger partial charge in [-0.3, -0.25) is 9.67 Å². The van der Waals surface area contributed by atoms with E-state index >= 15 is 0 Å². The van der Waals surface area contributed by atoms with Gasteiger partial charge < -0.3 is 0 Å². The van der Waals surface area contributed by atoms with Crippen molar-refractivity contribution >= 4 is 17.4 Å². The molecular formula is C4H3N2OS. The first-order valence-corrected chi connectivity index (χ1v) is 2.41. The van der Waals surface area contributed by atoms with Gasteiger partial charge in [0.05, 0.1) is 0 Å². The monoisotopic (exact) mass is 127 g/mol. The van der Waals surface area contributed by atoms with Crippen LogP contribution in [-0.4, -0.2) is 14.7 Å². The molecule has 0 bridgehead atoms. The number of thiocarbonyl (C=S) groups is 1. The molecule has 0 saturated carbocycles. The van der Waals surface area contributed by atoms with E-state index in [2.05, 4.69) is 17.2 Å². The lowest BCUT2D eigenvalue weighted by molar-refractivity contribution is 0.420. The molecule has 1 radical (unpaired) electrons. The Morgan fingerprint density at radius 2 is 2.50 bits per heavy atom. The standard InChI is InChI=1S/C4H3N2OS/c7-4(8)6-2-1-5-3-6/h1-3H. The quantitative estimate of drug-likeness (QED) is 0.474. The molecule has 41 valence electrons. The van der Waals surface area contributed by atoms with E-state index in [0.717, 1.165) is 0 Å². The van der Waals surface area contributed by atoms with Crippen molar-refractivity contribution in [2.45, 2.75) is 0 Å². The minimum Gasteiger partial charge on any atom is -0.263 e. The number of rotatable bonds is 0. The maximum absolute atomic E-state index is 10.2. The van der Waals surface area contributed by atoms with Crippen LogP contribution in [0.5, 0.6) is 0 Å². The highest BCUT2D eigenvalue weighted by Gasteiger charge is 1.92. The Kier molecular flexibility index (Phi) is 1.26. The van der Waals surface area contributed by atoms with Gasteiger partial charge >= 0.3 is 5.17 Å². The summed E-state index contributed by atoms with van der Waals surface area (Å²) in [5, 5.41) is 9.82. The number of aromatic nitrogens is 2. The summed E-state index contributed by atoms with van der Waals surface area (Å²) >= 11 is 4.28. The zero-order chi connectivity index (χ0) is 5.98. The van der Waals surface area contributed by atoms with Gasteiger partial charge in [0.25, 0.3) is 0 Å². The molecule has 1 aromatic rings. The predicted octanol–water partition coefficient (Wildman–Crippen LogP) is 0.447. The third kappa shape index (κ3) is 0.840. The van der Waals surface area contributed by atoms with E-state index in [-0.39, 0.29) is 0 Å². The van der Waals surface area contributed by atoms with Crippen LogP contribution in [0.25, 0.3) is 0 Å². The molecule has 0 aromatic carbocycles. The predicted molar refractivity (Wildman–Crippen MR) is 30.9 cm³/mol. The molecular weight excluding hydrogens is 124 g/mol. The van der Waals surface area contributed by atoms with Crippen molar-refractivity contribution in [2.75, 3.05) is 0 Å². The van der Waals surface area contributed by atoms with Crippen LogP contribution in [0, 0.1) is 0 Å². The topological polar surface area (TPSA) is 37.7 Å². The normalized spacial score (nSPS) is 9.00. The zero-order valence-corrected chi connectivity index (χ0v) is 4.76. The van der Waals surface area contributed by atoms with Crippen LogP contribution in [0.2, 0.25) is 0 Å². The number of nitrogens with zero attached hydrogens (tertiary/aromatic N) is 2. The van der Waals surface area contributed by atoms with Crippen molar-refractivity contribution in [1.82, 2.24) is 9.55 Å². The van der Waals surface area contributed by atoms with E-state index in [1.54, 1.807) is 0 Å². The van der Waals surface area contributed by atoms with Gasteiger partial charge in [0, 0.05) is 12.4 Å². The summed E-state index contributed by atoms with van der Waals surface area (Å²) in [6, 6.07) is 0. The summed E-state index contributed by atoms with van der Waals surface area (Å²) in [5.74, 6) is 0. The molecule has 0 atom stereocenters. The molecule has 0 unspecified atom stereocenters. The van der Waals surface area contributed by atoms with Crippen molar-refractivity contribution in [3.8, 4) is 0 Å². The van der Waals surface area contributed by atoms with Gasteiger partial charge in [-0.25, -0.2) is 4.98 Å². The lowest BCUT2D eigenvalue weighted by Gasteiger charge is -1.85. The van der Waals surface area contributed by atoms with Gasteiger partial charge in [-0.15, -0.1) is 0 Å². The van der Waals surface area contributed by atoms with Crippen LogP contribution in [0.4, 0.5) is 0 Å². The van der Waals surface area contributed by atoms with Crippen LogP contribution in [-0.2, 0) is 5.11 Å². The Morgan fingerprint density at radius 1 is 1.75 bits per heavy atom. The summed E-state index contributed by atoms with van der Waals surface area (Å²) in [4.78, 5) is 3.62. The van der Waals surface area contributed by atoms with Gasteiger partial charge in [0.2, 0.25) is 0 Å². The Labute approximate surface area is 51.6 Å². The van der Waals surface area contributed by atoms with Crippen molar-refractivity contribution in [3.63, 3.8) is 0 Å². The molecule has 1 aromatic heterocycles. The van der Waals surface area contributed by atoms with Crippen molar-refractivity contribution < 1.29 is 5.11 Å². The first-order valence-electron chi connectivity index (χ1n) is 2.00. The fraction of sp³-hybridized carbons (Fsp3) is 0. The first kappa shape index (κ1) is 5.24. The fourth-order valence-corrected chi connectivity index (χ4v) is 0.475. The second-order valence-corrected chi connectivity index (χ2v) is 1.59. The SMILES string of the molecule is [O]C(=S)n1ccnc1. The first-order chi connectivity index (χ1) is 3.80. The summed E-state index contributed by atoms with van der Waals surface area (Å²) in [6.45, 7) is 0. The Bertz CT molecular complexity index is 182. The highest BCUT2D eigenvalue weighted by atomic mass is 32.1. The molecule has 8 heavy (non-hydrogen) atoms. The lowest BCUT2D eigenvalue weighted by Crippen LogP contribution is -2.01. The molecule has 1 heterocycles. The Hall–Kier alpha value is -0.900. The summed E-state index contributed by atoms with van der Waals surface area (Å²) < 4.78 is 1.23. The van der Waals surface area contributed by atoms with Gasteiger partial charge in [-0.1, -0.05) is 0 Å². The smallest absolute Gasteiger partial charge is 0.263 e. The Balaban J connectivity index is 2.93. The van der Waals surface area contributed by atoms with Crippen LogP contribution in [0.1, 0.15) is 0 Å². The third-order valence-electron chi connectivity index (χ3n) is 0.715. The van der Waals surface area contributed by atoms with Crippen LogP contribution < -0.4 is 0 Å². The largest absolute Gasteiger partial charge is 0.322 e. The molecule has 0 amide bonds. The van der Waals surface area contributed by atoms with Gasteiger partial charge in [0.1, 0.15) is 6.33 Å². The molecule has 0 aliphatic rings. The van der Waals surface area contributed by atoms with E-state index in [1.807, 2.05) is 0 Å². The summed E-state index contributed by atoms with van der Waals surface area (Å²) in [7, 11) is 0. The van der Waals surface area contributed by atoms with E-state index in [9.17, 15) is 5.11 Å². The molecule has 4 heteroatoms. The van der Waals surface area contributed by atoms with E-state index in [4.69, 9.17) is 0 Å². The second-order valence-electron chi connectivity index (χ2n) is 1.24. The zero-order valence-electron chi connectivity index (χ0n) is 3.94. The van der Waals surface area contributed by atoms with E-state index in [0.29, 0.717) is 0 Å². The third-order valence-corrected chi connectivity index (χ3v) is 0.926. The minimum atomic E-state index is -0.428. The highest BCUT2D eigenvalue weighted by molar-refractivity contribution is 7.79. The van der Waals surface area contributed by atoms with E-state index < -0.39 is 5.17 Å². The van der Waals surface area contributed by atoms with Crippen LogP contribution in [0.3, 0.4) is 0 Å². The molecule has 0 saturated heterocycles. The maximum atomic E-state index is 10.2. The lowest BCUT2D eigenvalue weighted by atomic mass is 10.9. The van der Waals surface area contributed by atoms with E-state index in [1.165, 1.54) is 23.3 Å². The molecule has 3 nitrogen and oxygen atoms in total. The van der Waals surface area contributed by atoms with Crippen molar-refractivity contribution in [1.29, 1.82) is 0 Å². The Morgan fingerprint density at radius 3 is 2.75 bits per heavy atom. The van der Waals surface area contributed by atoms with Crippen molar-refractivity contribution in [2.24, 2.45) is 0 Å². The molecule has 0 aliphatic heterocycles. The number of imidazole rings is 1. The molecule has 0 spiro atoms. The number of hydrogen-bond donors (Lipinski definition) is 0. The van der Waals surface area contributed by atoms with Crippen LogP contribution >= 0.6 is 12.2 Å². The van der Waals surface area contributed by atoms with Gasteiger partial charge in [-0.2, -0.15) is 0 Å². The molecule has 0 aliphatic carbocycles. The average molecular weight is 127 g/mol. The second kappa shape index (κ2) is 1.92. The van der Waals surface area contributed by atoms with Crippen molar-refractivity contribution in [3.05, 3.63) is 18.7 Å². The highest BCUT2D eigenvalue weighted by Crippen LogP contribution is 1.83. The van der Waals surface area contributed by atoms with Crippen LogP contribution in [0.15, 0.2) is 18.7 Å². The number of hydrogen-bond acceptors (Lipinski definition) is 2. The molecule has 0 fully saturated rings. The minimum absolute atomic E-state index is 0.428. The fourth-order valence-electron chi connectivity index (χ4n) is 0.367. The van der Waals surface area contributed by atoms with Gasteiger partial charge in [0.15, 0.2) is 0 Å². The van der Waals surface area contributed by atoms with Gasteiger partial charge in [-0.05, 0) is 12.2 Å². The molecule has 0 N–H and O–H groups in total. The molecule has 1 rings (SSSR count). The summed E-state index contributed by atoms with van der Waals surface area (Å²) in [6.07, 6.45) is 4.38. The summed E-state index contributed by atoms with van der Waals surface area (Å²) in [5.41, 5.74) is 0. The average Bonchev–Trinajstić information content (AvgIpc) is 2.12. The maximum Gasteiger partial charge on any atom is 0.322 e.